The van der Waals surface area contributed by atoms with Crippen LogP contribution in [0.15, 0.2) is 36.5 Å². The van der Waals surface area contributed by atoms with Crippen molar-refractivity contribution in [3.8, 4) is 0 Å². The highest BCUT2D eigenvalue weighted by Gasteiger charge is 2.36. The van der Waals surface area contributed by atoms with E-state index in [2.05, 4.69) is 5.10 Å². The number of likely N-dealkylation sites (tertiary alicyclic amines) is 1. The molecule has 6 heteroatoms. The van der Waals surface area contributed by atoms with Gasteiger partial charge < -0.3 is 10.0 Å². The van der Waals surface area contributed by atoms with Crippen LogP contribution >= 0.6 is 0 Å². The maximum atomic E-state index is 13.1. The average Bonchev–Trinajstić information content (AvgIpc) is 3.14. The first-order valence-corrected chi connectivity index (χ1v) is 7.75. The SMILES string of the molecule is CC(C)n1ccc(C(=O)N2C[C@H](O)C[C@H]2c2ccc(F)cc2)n1. The van der Waals surface area contributed by atoms with E-state index < -0.39 is 6.10 Å². The van der Waals surface area contributed by atoms with Crippen molar-refractivity contribution in [2.24, 2.45) is 0 Å². The molecule has 2 aromatic rings. The minimum absolute atomic E-state index is 0.175. The zero-order chi connectivity index (χ0) is 16.6. The van der Waals surface area contributed by atoms with E-state index in [1.165, 1.54) is 12.1 Å². The van der Waals surface area contributed by atoms with E-state index in [0.717, 1.165) is 5.56 Å². The first-order valence-electron chi connectivity index (χ1n) is 7.75. The van der Waals surface area contributed by atoms with Gasteiger partial charge in [0.05, 0.1) is 12.1 Å². The Balaban J connectivity index is 1.86. The highest BCUT2D eigenvalue weighted by atomic mass is 19.1. The summed E-state index contributed by atoms with van der Waals surface area (Å²) in [6, 6.07) is 7.66. The molecule has 1 N–H and O–H groups in total. The van der Waals surface area contributed by atoms with Crippen molar-refractivity contribution in [1.82, 2.24) is 14.7 Å². The number of carbonyl (C=O) groups is 1. The number of benzene rings is 1. The molecule has 3 rings (SSSR count). The normalized spacial score (nSPS) is 21.2. The van der Waals surface area contributed by atoms with Crippen LogP contribution in [0.3, 0.4) is 0 Å². The minimum atomic E-state index is -0.582. The van der Waals surface area contributed by atoms with Crippen LogP contribution in [0, 0.1) is 5.82 Å². The van der Waals surface area contributed by atoms with Crippen LogP contribution in [0.4, 0.5) is 4.39 Å². The summed E-state index contributed by atoms with van der Waals surface area (Å²) < 4.78 is 14.8. The highest BCUT2D eigenvalue weighted by Crippen LogP contribution is 2.33. The van der Waals surface area contributed by atoms with Gasteiger partial charge in [0.2, 0.25) is 0 Å². The second-order valence-corrected chi connectivity index (χ2v) is 6.19. The number of amides is 1. The number of hydrogen-bond donors (Lipinski definition) is 1. The first kappa shape index (κ1) is 15.7. The molecule has 5 nitrogen and oxygen atoms in total. The van der Waals surface area contributed by atoms with Gasteiger partial charge in [0, 0.05) is 18.8 Å². The fourth-order valence-corrected chi connectivity index (χ4v) is 2.93. The molecule has 1 aliphatic rings. The van der Waals surface area contributed by atoms with Gasteiger partial charge in [-0.15, -0.1) is 0 Å². The summed E-state index contributed by atoms with van der Waals surface area (Å²) in [7, 11) is 0. The van der Waals surface area contributed by atoms with E-state index in [1.807, 2.05) is 13.8 Å². The van der Waals surface area contributed by atoms with Crippen molar-refractivity contribution >= 4 is 5.91 Å². The predicted molar refractivity (Wildman–Crippen MR) is 83.4 cm³/mol. The van der Waals surface area contributed by atoms with Gasteiger partial charge in [-0.2, -0.15) is 5.10 Å². The summed E-state index contributed by atoms with van der Waals surface area (Å²) in [4.78, 5) is 14.4. The highest BCUT2D eigenvalue weighted by molar-refractivity contribution is 5.92. The number of β-amino-alcohol motifs (C(OH)–C–C–N with tert-alkyl or cyclic N) is 1. The molecule has 0 saturated carbocycles. The average molecular weight is 317 g/mol. The molecule has 0 spiro atoms. The molecule has 0 bridgehead atoms. The smallest absolute Gasteiger partial charge is 0.274 e. The number of aliphatic hydroxyl groups excluding tert-OH is 1. The second kappa shape index (κ2) is 6.12. The van der Waals surface area contributed by atoms with Crippen molar-refractivity contribution in [2.45, 2.75) is 38.5 Å². The van der Waals surface area contributed by atoms with Gasteiger partial charge in [0.15, 0.2) is 0 Å². The largest absolute Gasteiger partial charge is 0.391 e. The minimum Gasteiger partial charge on any atom is -0.391 e. The summed E-state index contributed by atoms with van der Waals surface area (Å²) in [5.41, 5.74) is 1.18. The Morgan fingerprint density at radius 1 is 1.30 bits per heavy atom. The Kier molecular flexibility index (Phi) is 4.17. The van der Waals surface area contributed by atoms with E-state index in [1.54, 1.807) is 34.0 Å². The van der Waals surface area contributed by atoms with Crippen molar-refractivity contribution < 1.29 is 14.3 Å². The summed E-state index contributed by atoms with van der Waals surface area (Å²) in [6.07, 6.45) is 1.64. The standard InChI is InChI=1S/C17H20FN3O2/c1-11(2)21-8-7-15(19-21)17(23)20-10-14(22)9-16(20)12-3-5-13(18)6-4-12/h3-8,11,14,16,22H,9-10H2,1-2H3/t14-,16+/m1/s1. The van der Waals surface area contributed by atoms with Crippen LogP contribution in [-0.2, 0) is 0 Å². The number of rotatable bonds is 3. The third-order valence-electron chi connectivity index (χ3n) is 4.15. The molecule has 2 heterocycles. The fourth-order valence-electron chi connectivity index (χ4n) is 2.93. The molecule has 2 atom stereocenters. The van der Waals surface area contributed by atoms with Crippen LogP contribution in [0.25, 0.3) is 0 Å². The number of carbonyl (C=O) groups excluding carboxylic acids is 1. The molecule has 1 aromatic carbocycles. The Labute approximate surface area is 134 Å². The third kappa shape index (κ3) is 3.12. The van der Waals surface area contributed by atoms with Crippen LogP contribution in [0.5, 0.6) is 0 Å². The molecule has 0 aliphatic carbocycles. The van der Waals surface area contributed by atoms with Gasteiger partial charge in [0.25, 0.3) is 5.91 Å². The molecule has 23 heavy (non-hydrogen) atoms. The van der Waals surface area contributed by atoms with Crippen molar-refractivity contribution in [3.05, 3.63) is 53.6 Å². The van der Waals surface area contributed by atoms with Crippen LogP contribution in [-0.4, -0.2) is 38.3 Å². The molecule has 1 aromatic heterocycles. The lowest BCUT2D eigenvalue weighted by Gasteiger charge is -2.24. The molecule has 1 aliphatic heterocycles. The molecule has 0 unspecified atom stereocenters. The van der Waals surface area contributed by atoms with Crippen LogP contribution < -0.4 is 0 Å². The van der Waals surface area contributed by atoms with E-state index in [9.17, 15) is 14.3 Å². The Bertz CT molecular complexity index is 696. The van der Waals surface area contributed by atoms with Gasteiger partial charge in [-0.3, -0.25) is 9.48 Å². The van der Waals surface area contributed by atoms with Gasteiger partial charge in [-0.05, 0) is 44.0 Å². The molecule has 122 valence electrons. The quantitative estimate of drug-likeness (QED) is 0.946. The zero-order valence-electron chi connectivity index (χ0n) is 13.2. The summed E-state index contributed by atoms with van der Waals surface area (Å²) in [5, 5.41) is 14.3. The lowest BCUT2D eigenvalue weighted by molar-refractivity contribution is 0.0708. The number of hydrogen-bond acceptors (Lipinski definition) is 3. The number of aromatic nitrogens is 2. The lowest BCUT2D eigenvalue weighted by atomic mass is 10.0. The Morgan fingerprint density at radius 2 is 2.00 bits per heavy atom. The molecular formula is C17H20FN3O2. The van der Waals surface area contributed by atoms with Crippen molar-refractivity contribution in [2.75, 3.05) is 6.54 Å². The lowest BCUT2D eigenvalue weighted by Crippen LogP contribution is -2.32. The molecule has 1 saturated heterocycles. The van der Waals surface area contributed by atoms with Gasteiger partial charge in [-0.1, -0.05) is 12.1 Å². The summed E-state index contributed by atoms with van der Waals surface area (Å²) in [6.45, 7) is 4.24. The zero-order valence-corrected chi connectivity index (χ0v) is 13.2. The fraction of sp³-hybridized carbons (Fsp3) is 0.412. The second-order valence-electron chi connectivity index (χ2n) is 6.19. The summed E-state index contributed by atoms with van der Waals surface area (Å²) >= 11 is 0. The van der Waals surface area contributed by atoms with E-state index in [4.69, 9.17) is 0 Å². The third-order valence-corrected chi connectivity index (χ3v) is 4.15. The Hall–Kier alpha value is -2.21. The molecular weight excluding hydrogens is 297 g/mol. The van der Waals surface area contributed by atoms with Gasteiger partial charge >= 0.3 is 0 Å². The summed E-state index contributed by atoms with van der Waals surface area (Å²) in [5.74, 6) is -0.531. The van der Waals surface area contributed by atoms with Gasteiger partial charge in [-0.25, -0.2) is 4.39 Å². The molecule has 1 fully saturated rings. The maximum absolute atomic E-state index is 13.1. The van der Waals surface area contributed by atoms with E-state index >= 15 is 0 Å². The number of halogens is 1. The first-order chi connectivity index (χ1) is 11.0. The Morgan fingerprint density at radius 3 is 2.61 bits per heavy atom. The van der Waals surface area contributed by atoms with Gasteiger partial charge in [0.1, 0.15) is 11.5 Å². The maximum Gasteiger partial charge on any atom is 0.274 e. The van der Waals surface area contributed by atoms with E-state index in [-0.39, 0.29) is 30.4 Å². The molecule has 1 amide bonds. The van der Waals surface area contributed by atoms with Crippen LogP contribution in [0.1, 0.15) is 48.4 Å². The van der Waals surface area contributed by atoms with E-state index in [0.29, 0.717) is 12.1 Å². The predicted octanol–water partition coefficient (Wildman–Crippen LogP) is 2.55. The molecule has 0 radical (unpaired) electrons. The number of nitrogens with zero attached hydrogens (tertiary/aromatic N) is 3. The monoisotopic (exact) mass is 317 g/mol. The topological polar surface area (TPSA) is 58.4 Å². The number of aliphatic hydroxyl groups is 1. The van der Waals surface area contributed by atoms with Crippen LogP contribution in [0.2, 0.25) is 0 Å². The van der Waals surface area contributed by atoms with Crippen molar-refractivity contribution in [1.29, 1.82) is 0 Å². The van der Waals surface area contributed by atoms with Crippen molar-refractivity contribution in [3.63, 3.8) is 0 Å².